The van der Waals surface area contributed by atoms with E-state index in [0.29, 0.717) is 6.42 Å². The molecule has 5 rings (SSSR count). The number of hydrogen-bond acceptors (Lipinski definition) is 4. The van der Waals surface area contributed by atoms with Gasteiger partial charge in [-0.2, -0.15) is 0 Å². The molecule has 31 heavy (non-hydrogen) atoms. The van der Waals surface area contributed by atoms with E-state index in [1.165, 1.54) is 5.56 Å². The maximum atomic E-state index is 13.4. The van der Waals surface area contributed by atoms with Gasteiger partial charge < -0.3 is 10.0 Å². The van der Waals surface area contributed by atoms with Crippen molar-refractivity contribution >= 4 is 16.8 Å². The molecule has 0 radical (unpaired) electrons. The lowest BCUT2D eigenvalue weighted by Crippen LogP contribution is -2.57. The normalized spacial score (nSPS) is 24.1. The van der Waals surface area contributed by atoms with E-state index in [9.17, 15) is 9.90 Å². The van der Waals surface area contributed by atoms with Crippen molar-refractivity contribution in [2.24, 2.45) is 5.41 Å². The summed E-state index contributed by atoms with van der Waals surface area (Å²) < 4.78 is 0. The summed E-state index contributed by atoms with van der Waals surface area (Å²) in [4.78, 5) is 22.0. The van der Waals surface area contributed by atoms with Crippen LogP contribution in [0.4, 0.5) is 0 Å². The van der Waals surface area contributed by atoms with Crippen LogP contribution in [0.25, 0.3) is 10.9 Å². The Morgan fingerprint density at radius 3 is 2.61 bits per heavy atom. The molecule has 0 aliphatic carbocycles. The van der Waals surface area contributed by atoms with E-state index in [0.717, 1.165) is 48.9 Å². The molecule has 0 unspecified atom stereocenters. The van der Waals surface area contributed by atoms with Crippen molar-refractivity contribution in [2.75, 3.05) is 20.1 Å². The third kappa shape index (κ3) is 3.73. The molecule has 1 aromatic heterocycles. The van der Waals surface area contributed by atoms with Crippen LogP contribution >= 0.6 is 0 Å². The molecule has 2 saturated heterocycles. The monoisotopic (exact) mass is 415 g/mol. The number of hydrogen-bond donors (Lipinski definition) is 1. The lowest BCUT2D eigenvalue weighted by atomic mass is 9.68. The third-order valence-electron chi connectivity index (χ3n) is 7.18. The number of fused-ring (bicyclic) bond motifs is 1. The molecule has 0 bridgehead atoms. The van der Waals surface area contributed by atoms with Crippen molar-refractivity contribution in [3.8, 4) is 0 Å². The zero-order valence-electron chi connectivity index (χ0n) is 17.9. The number of pyridine rings is 1. The number of carbonyl (C=O) groups excluding carboxylic acids is 1. The maximum Gasteiger partial charge on any atom is 0.229 e. The summed E-state index contributed by atoms with van der Waals surface area (Å²) in [5.41, 5.74) is 2.85. The van der Waals surface area contributed by atoms with Crippen LogP contribution in [0.5, 0.6) is 0 Å². The molecule has 5 heteroatoms. The summed E-state index contributed by atoms with van der Waals surface area (Å²) in [5, 5.41) is 12.2. The van der Waals surface area contributed by atoms with Crippen molar-refractivity contribution in [1.82, 2.24) is 14.8 Å². The molecule has 1 amide bonds. The molecule has 2 fully saturated rings. The number of piperidine rings is 2. The van der Waals surface area contributed by atoms with E-state index < -0.39 is 11.5 Å². The molecule has 5 nitrogen and oxygen atoms in total. The molecule has 1 spiro atoms. The summed E-state index contributed by atoms with van der Waals surface area (Å²) in [5.74, 6) is 0.183. The summed E-state index contributed by atoms with van der Waals surface area (Å²) in [7, 11) is 1.85. The first-order valence-corrected chi connectivity index (χ1v) is 11.1. The molecule has 1 N–H and O–H groups in total. The number of carbonyl (C=O) groups is 1. The topological polar surface area (TPSA) is 56.7 Å². The van der Waals surface area contributed by atoms with E-state index in [4.69, 9.17) is 0 Å². The predicted octanol–water partition coefficient (Wildman–Crippen LogP) is 3.78. The Labute approximate surface area is 183 Å². The first kappa shape index (κ1) is 20.2. The van der Waals surface area contributed by atoms with Crippen LogP contribution in [0.3, 0.4) is 0 Å². The molecular weight excluding hydrogens is 386 g/mol. The average Bonchev–Trinajstić information content (AvgIpc) is 2.80. The highest BCUT2D eigenvalue weighted by Crippen LogP contribution is 2.46. The molecular formula is C26H29N3O2. The highest BCUT2D eigenvalue weighted by molar-refractivity contribution is 5.84. The number of benzene rings is 2. The lowest BCUT2D eigenvalue weighted by molar-refractivity contribution is -0.161. The van der Waals surface area contributed by atoms with Gasteiger partial charge in [0.1, 0.15) is 0 Å². The van der Waals surface area contributed by atoms with E-state index in [1.54, 1.807) is 4.90 Å². The molecule has 3 heterocycles. The van der Waals surface area contributed by atoms with Crippen LogP contribution in [-0.4, -0.2) is 52.0 Å². The molecule has 160 valence electrons. The smallest absolute Gasteiger partial charge is 0.229 e. The van der Waals surface area contributed by atoms with E-state index in [2.05, 4.69) is 34.1 Å². The summed E-state index contributed by atoms with van der Waals surface area (Å²) in [6.45, 7) is 2.61. The highest BCUT2D eigenvalue weighted by atomic mass is 16.3. The van der Waals surface area contributed by atoms with Gasteiger partial charge in [0, 0.05) is 25.2 Å². The highest BCUT2D eigenvalue weighted by Gasteiger charge is 2.51. The van der Waals surface area contributed by atoms with Gasteiger partial charge in [-0.1, -0.05) is 42.5 Å². The van der Waals surface area contributed by atoms with Gasteiger partial charge in [-0.15, -0.1) is 0 Å². The number of likely N-dealkylation sites (N-methyl/N-ethyl adjacent to an activating group) is 1. The minimum atomic E-state index is -0.537. The second-order valence-corrected chi connectivity index (χ2v) is 9.13. The Bertz CT molecular complexity index is 1080. The van der Waals surface area contributed by atoms with Crippen LogP contribution in [0.15, 0.2) is 66.9 Å². The molecule has 2 aliphatic rings. The largest absolute Gasteiger partial charge is 0.391 e. The Kier molecular flexibility index (Phi) is 5.24. The van der Waals surface area contributed by atoms with Crippen molar-refractivity contribution in [1.29, 1.82) is 0 Å². The summed E-state index contributed by atoms with van der Waals surface area (Å²) in [6, 6.07) is 20.1. The molecule has 3 aromatic rings. The lowest BCUT2D eigenvalue weighted by Gasteiger charge is -2.50. The van der Waals surface area contributed by atoms with Crippen molar-refractivity contribution in [2.45, 2.75) is 38.0 Å². The maximum absolute atomic E-state index is 13.4. The van der Waals surface area contributed by atoms with Crippen LogP contribution in [0, 0.1) is 5.41 Å². The Morgan fingerprint density at radius 1 is 1.06 bits per heavy atom. The van der Waals surface area contributed by atoms with Gasteiger partial charge in [-0.3, -0.25) is 14.7 Å². The minimum absolute atomic E-state index is 0.183. The van der Waals surface area contributed by atoms with E-state index >= 15 is 0 Å². The van der Waals surface area contributed by atoms with Gasteiger partial charge in [0.2, 0.25) is 5.91 Å². The summed E-state index contributed by atoms with van der Waals surface area (Å²) >= 11 is 0. The zero-order valence-corrected chi connectivity index (χ0v) is 17.9. The third-order valence-corrected chi connectivity index (χ3v) is 7.18. The van der Waals surface area contributed by atoms with E-state index in [1.807, 2.05) is 49.6 Å². The predicted molar refractivity (Wildman–Crippen MR) is 121 cm³/mol. The quantitative estimate of drug-likeness (QED) is 0.707. The van der Waals surface area contributed by atoms with Gasteiger partial charge >= 0.3 is 0 Å². The number of amides is 1. The average molecular weight is 416 g/mol. The van der Waals surface area contributed by atoms with E-state index in [-0.39, 0.29) is 11.9 Å². The molecule has 2 aliphatic heterocycles. The number of nitrogens with zero attached hydrogens (tertiary/aromatic N) is 3. The second kappa shape index (κ2) is 8.06. The number of aromatic nitrogens is 1. The van der Waals surface area contributed by atoms with Gasteiger partial charge in [0.05, 0.1) is 23.1 Å². The molecule has 2 atom stereocenters. The number of aliphatic hydroxyl groups excluding tert-OH is 1. The van der Waals surface area contributed by atoms with Crippen molar-refractivity contribution in [3.05, 3.63) is 78.0 Å². The van der Waals surface area contributed by atoms with Gasteiger partial charge in [-0.05, 0) is 61.7 Å². The minimum Gasteiger partial charge on any atom is -0.391 e. The SMILES string of the molecule is CN1C(=O)C2(CCN(Cc3ccc4ncccc4c3)CC2)C[C@@H](O)[C@@H]1c1ccccc1. The Hall–Kier alpha value is -2.76. The number of aliphatic hydroxyl groups is 1. The second-order valence-electron chi connectivity index (χ2n) is 9.13. The van der Waals surface area contributed by atoms with Crippen molar-refractivity contribution < 1.29 is 9.90 Å². The first-order valence-electron chi connectivity index (χ1n) is 11.1. The van der Waals surface area contributed by atoms with Crippen LogP contribution in [-0.2, 0) is 11.3 Å². The summed E-state index contributed by atoms with van der Waals surface area (Å²) in [6.07, 6.45) is 3.42. The van der Waals surface area contributed by atoms with Crippen LogP contribution < -0.4 is 0 Å². The van der Waals surface area contributed by atoms with Gasteiger partial charge in [-0.25, -0.2) is 0 Å². The fourth-order valence-electron chi connectivity index (χ4n) is 5.49. The van der Waals surface area contributed by atoms with Crippen LogP contribution in [0.1, 0.15) is 36.4 Å². The Morgan fingerprint density at radius 2 is 1.84 bits per heavy atom. The fraction of sp³-hybridized carbons (Fsp3) is 0.385. The fourth-order valence-corrected chi connectivity index (χ4v) is 5.49. The number of likely N-dealkylation sites (tertiary alicyclic amines) is 2. The Balaban J connectivity index is 1.27. The van der Waals surface area contributed by atoms with Gasteiger partial charge in [0.15, 0.2) is 0 Å². The van der Waals surface area contributed by atoms with Crippen molar-refractivity contribution in [3.63, 3.8) is 0 Å². The zero-order chi connectivity index (χ0) is 21.4. The molecule has 0 saturated carbocycles. The van der Waals surface area contributed by atoms with Crippen LogP contribution in [0.2, 0.25) is 0 Å². The first-order chi connectivity index (χ1) is 15.1. The number of rotatable bonds is 3. The molecule has 2 aromatic carbocycles. The standard InChI is InChI=1S/C26H29N3O2/c1-28-24(20-6-3-2-4-7-20)23(30)17-26(25(28)31)11-14-29(15-12-26)18-19-9-10-22-21(16-19)8-5-13-27-22/h2-10,13,16,23-24,30H,11-12,14-15,17-18H2,1H3/t23-,24+/m1/s1. The van der Waals surface area contributed by atoms with Gasteiger partial charge in [0.25, 0.3) is 0 Å².